The van der Waals surface area contributed by atoms with Crippen molar-refractivity contribution in [3.8, 4) is 11.8 Å². The highest BCUT2D eigenvalue weighted by atomic mass is 16.5. The maximum atomic E-state index is 9.52. The number of nitriles is 1. The Bertz CT molecular complexity index is 630. The van der Waals surface area contributed by atoms with Crippen molar-refractivity contribution in [2.24, 2.45) is 0 Å². The fourth-order valence-corrected chi connectivity index (χ4v) is 2.55. The SMILES string of the molecule is Cc1cccc(OCCCCC(C)(C#N)c2ccccc2)c1. The van der Waals surface area contributed by atoms with Crippen LogP contribution in [0.1, 0.15) is 37.3 Å². The molecule has 0 saturated heterocycles. The quantitative estimate of drug-likeness (QED) is 0.671. The zero-order valence-corrected chi connectivity index (χ0v) is 13.4. The van der Waals surface area contributed by atoms with E-state index < -0.39 is 5.41 Å². The maximum Gasteiger partial charge on any atom is 0.119 e. The van der Waals surface area contributed by atoms with E-state index in [0.29, 0.717) is 6.61 Å². The summed E-state index contributed by atoms with van der Waals surface area (Å²) in [6, 6.07) is 20.6. The molecule has 0 amide bonds. The Morgan fingerprint density at radius 3 is 2.50 bits per heavy atom. The molecule has 0 N–H and O–H groups in total. The molecule has 0 heterocycles. The van der Waals surface area contributed by atoms with Gasteiger partial charge in [-0.3, -0.25) is 0 Å². The Labute approximate surface area is 133 Å². The van der Waals surface area contributed by atoms with E-state index in [4.69, 9.17) is 4.74 Å². The van der Waals surface area contributed by atoms with E-state index >= 15 is 0 Å². The molecule has 0 aromatic heterocycles. The zero-order valence-electron chi connectivity index (χ0n) is 13.4. The van der Waals surface area contributed by atoms with E-state index in [1.165, 1.54) is 5.56 Å². The average molecular weight is 293 g/mol. The summed E-state index contributed by atoms with van der Waals surface area (Å²) < 4.78 is 5.76. The summed E-state index contributed by atoms with van der Waals surface area (Å²) in [5.74, 6) is 0.922. The van der Waals surface area contributed by atoms with Crippen molar-refractivity contribution in [1.82, 2.24) is 0 Å². The van der Waals surface area contributed by atoms with Crippen molar-refractivity contribution in [1.29, 1.82) is 5.26 Å². The van der Waals surface area contributed by atoms with Crippen LogP contribution >= 0.6 is 0 Å². The Morgan fingerprint density at radius 2 is 1.82 bits per heavy atom. The van der Waals surface area contributed by atoms with Crippen molar-refractivity contribution in [2.45, 2.75) is 38.5 Å². The smallest absolute Gasteiger partial charge is 0.119 e. The Kier molecular flexibility index (Phi) is 5.61. The van der Waals surface area contributed by atoms with Gasteiger partial charge in [0.15, 0.2) is 0 Å². The summed E-state index contributed by atoms with van der Waals surface area (Å²) in [5, 5.41) is 9.52. The topological polar surface area (TPSA) is 33.0 Å². The first kappa shape index (κ1) is 16.1. The van der Waals surface area contributed by atoms with Gasteiger partial charge >= 0.3 is 0 Å². The molecule has 0 radical (unpaired) electrons. The van der Waals surface area contributed by atoms with E-state index in [-0.39, 0.29) is 0 Å². The lowest BCUT2D eigenvalue weighted by molar-refractivity contribution is 0.300. The summed E-state index contributed by atoms with van der Waals surface area (Å²) in [6.45, 7) is 4.77. The number of rotatable bonds is 7. The lowest BCUT2D eigenvalue weighted by Crippen LogP contribution is -2.19. The fourth-order valence-electron chi connectivity index (χ4n) is 2.55. The third kappa shape index (κ3) is 4.36. The summed E-state index contributed by atoms with van der Waals surface area (Å²) in [6.07, 6.45) is 2.79. The molecule has 0 aliphatic rings. The molecule has 1 unspecified atom stereocenters. The molecule has 2 heteroatoms. The van der Waals surface area contributed by atoms with Gasteiger partial charge < -0.3 is 4.74 Å². The Balaban J connectivity index is 1.79. The fraction of sp³-hybridized carbons (Fsp3) is 0.350. The molecule has 2 nitrogen and oxygen atoms in total. The van der Waals surface area contributed by atoms with Crippen molar-refractivity contribution < 1.29 is 4.74 Å². The number of benzene rings is 2. The van der Waals surface area contributed by atoms with Crippen LogP contribution in [0.3, 0.4) is 0 Å². The molecule has 2 rings (SSSR count). The summed E-state index contributed by atoms with van der Waals surface area (Å²) in [7, 11) is 0. The predicted octanol–water partition coefficient (Wildman–Crippen LogP) is 5.03. The van der Waals surface area contributed by atoms with Crippen LogP contribution in [0.15, 0.2) is 54.6 Å². The van der Waals surface area contributed by atoms with Crippen molar-refractivity contribution in [3.63, 3.8) is 0 Å². The van der Waals surface area contributed by atoms with Crippen LogP contribution in [-0.2, 0) is 5.41 Å². The van der Waals surface area contributed by atoms with E-state index in [2.05, 4.69) is 19.1 Å². The second kappa shape index (κ2) is 7.66. The highest BCUT2D eigenvalue weighted by molar-refractivity contribution is 5.31. The Morgan fingerprint density at radius 1 is 1.05 bits per heavy atom. The number of aryl methyl sites for hydroxylation is 1. The minimum absolute atomic E-state index is 0.412. The average Bonchev–Trinajstić information content (AvgIpc) is 2.55. The molecule has 2 aromatic rings. The van der Waals surface area contributed by atoms with Crippen LogP contribution < -0.4 is 4.74 Å². The van der Waals surface area contributed by atoms with E-state index in [0.717, 1.165) is 30.6 Å². The van der Waals surface area contributed by atoms with Crippen LogP contribution in [0.5, 0.6) is 5.75 Å². The molecular formula is C20H23NO. The van der Waals surface area contributed by atoms with Crippen molar-refractivity contribution >= 4 is 0 Å². The highest BCUT2D eigenvalue weighted by Gasteiger charge is 2.25. The predicted molar refractivity (Wildman–Crippen MR) is 89.9 cm³/mol. The molecule has 0 aliphatic carbocycles. The van der Waals surface area contributed by atoms with Gasteiger partial charge in [0, 0.05) is 0 Å². The van der Waals surface area contributed by atoms with Crippen LogP contribution in [0.4, 0.5) is 0 Å². The molecule has 0 saturated carbocycles. The van der Waals surface area contributed by atoms with Gasteiger partial charge in [-0.2, -0.15) is 5.26 Å². The van der Waals surface area contributed by atoms with Crippen LogP contribution in [0.25, 0.3) is 0 Å². The van der Waals surface area contributed by atoms with Crippen LogP contribution in [0.2, 0.25) is 0 Å². The van der Waals surface area contributed by atoms with E-state index in [9.17, 15) is 5.26 Å². The first-order chi connectivity index (χ1) is 10.6. The Hall–Kier alpha value is -2.27. The van der Waals surface area contributed by atoms with Crippen molar-refractivity contribution in [2.75, 3.05) is 6.61 Å². The van der Waals surface area contributed by atoms with Crippen molar-refractivity contribution in [3.05, 3.63) is 65.7 Å². The molecule has 0 spiro atoms. The van der Waals surface area contributed by atoms with Crippen LogP contribution in [0, 0.1) is 18.3 Å². The first-order valence-corrected chi connectivity index (χ1v) is 7.80. The second-order valence-electron chi connectivity index (χ2n) is 5.93. The lowest BCUT2D eigenvalue weighted by Gasteiger charge is -2.22. The van der Waals surface area contributed by atoms with E-state index in [1.54, 1.807) is 0 Å². The standard InChI is InChI=1S/C20H23NO/c1-17-9-8-12-19(15-17)22-14-7-6-13-20(2,16-21)18-10-4-3-5-11-18/h3-5,8-12,15H,6-7,13-14H2,1-2H3. The van der Waals surface area contributed by atoms with Crippen LogP contribution in [-0.4, -0.2) is 6.61 Å². The van der Waals surface area contributed by atoms with Gasteiger partial charge in [-0.1, -0.05) is 42.5 Å². The van der Waals surface area contributed by atoms with Gasteiger partial charge in [0.2, 0.25) is 0 Å². The summed E-state index contributed by atoms with van der Waals surface area (Å²) in [5.41, 5.74) is 1.89. The van der Waals surface area contributed by atoms with Gasteiger partial charge in [0.1, 0.15) is 5.75 Å². The lowest BCUT2D eigenvalue weighted by atomic mass is 9.80. The third-order valence-electron chi connectivity index (χ3n) is 3.99. The largest absolute Gasteiger partial charge is 0.494 e. The third-order valence-corrected chi connectivity index (χ3v) is 3.99. The van der Waals surface area contributed by atoms with Gasteiger partial charge in [-0.05, 0) is 56.4 Å². The first-order valence-electron chi connectivity index (χ1n) is 7.80. The molecule has 1 atom stereocenters. The van der Waals surface area contributed by atoms with Gasteiger partial charge in [-0.15, -0.1) is 0 Å². The molecule has 0 bridgehead atoms. The molecule has 2 aromatic carbocycles. The monoisotopic (exact) mass is 293 g/mol. The van der Waals surface area contributed by atoms with Gasteiger partial charge in [-0.25, -0.2) is 0 Å². The summed E-state index contributed by atoms with van der Waals surface area (Å²) >= 11 is 0. The molecule has 0 fully saturated rings. The zero-order chi connectivity index (χ0) is 15.8. The molecular weight excluding hydrogens is 270 g/mol. The second-order valence-corrected chi connectivity index (χ2v) is 5.93. The normalized spacial score (nSPS) is 13.1. The summed E-state index contributed by atoms with van der Waals surface area (Å²) in [4.78, 5) is 0. The number of nitrogens with zero attached hydrogens (tertiary/aromatic N) is 1. The highest BCUT2D eigenvalue weighted by Crippen LogP contribution is 2.28. The maximum absolute atomic E-state index is 9.52. The number of hydrogen-bond acceptors (Lipinski definition) is 2. The number of ether oxygens (including phenoxy) is 1. The number of unbranched alkanes of at least 4 members (excludes halogenated alkanes) is 1. The van der Waals surface area contributed by atoms with Gasteiger partial charge in [0.25, 0.3) is 0 Å². The minimum Gasteiger partial charge on any atom is -0.494 e. The minimum atomic E-state index is -0.412. The van der Waals surface area contributed by atoms with E-state index in [1.807, 2.05) is 55.5 Å². The molecule has 0 aliphatic heterocycles. The van der Waals surface area contributed by atoms with Gasteiger partial charge in [0.05, 0.1) is 18.1 Å². The molecule has 114 valence electrons. The molecule has 22 heavy (non-hydrogen) atoms. The number of hydrogen-bond donors (Lipinski definition) is 0.